The Labute approximate surface area is 193 Å². The Morgan fingerprint density at radius 2 is 1.97 bits per heavy atom. The Bertz CT molecular complexity index is 1070. The van der Waals surface area contributed by atoms with Crippen molar-refractivity contribution in [3.05, 3.63) is 89.9 Å². The number of piperidine rings is 1. The van der Waals surface area contributed by atoms with Crippen molar-refractivity contribution >= 4 is 5.91 Å². The van der Waals surface area contributed by atoms with Crippen LogP contribution in [0.15, 0.2) is 72.6 Å². The number of carbonyl (C=O) groups excluding carboxylic acids is 1. The summed E-state index contributed by atoms with van der Waals surface area (Å²) in [6.45, 7) is 7.18. The van der Waals surface area contributed by atoms with E-state index in [0.29, 0.717) is 12.2 Å². The molecular formula is C26H28F2N4O. The summed E-state index contributed by atoms with van der Waals surface area (Å²) in [4.78, 5) is 19.1. The first-order valence-corrected chi connectivity index (χ1v) is 10.5. The zero-order valence-electron chi connectivity index (χ0n) is 18.6. The molecule has 5 nitrogen and oxygen atoms in total. The number of aromatic nitrogens is 1. The van der Waals surface area contributed by atoms with Crippen LogP contribution in [0.4, 0.5) is 8.78 Å². The van der Waals surface area contributed by atoms with Crippen LogP contribution in [-0.4, -0.2) is 34.9 Å². The van der Waals surface area contributed by atoms with Gasteiger partial charge in [-0.1, -0.05) is 24.8 Å². The van der Waals surface area contributed by atoms with Crippen LogP contribution in [0.5, 0.6) is 0 Å². The number of terminal acetylenes is 1. The van der Waals surface area contributed by atoms with Crippen molar-refractivity contribution in [2.24, 2.45) is 5.73 Å². The van der Waals surface area contributed by atoms with Crippen molar-refractivity contribution in [3.63, 3.8) is 0 Å². The van der Waals surface area contributed by atoms with Crippen LogP contribution in [-0.2, 0) is 0 Å². The van der Waals surface area contributed by atoms with E-state index in [-0.39, 0.29) is 23.0 Å². The van der Waals surface area contributed by atoms with Crippen LogP contribution in [0.1, 0.15) is 30.3 Å². The van der Waals surface area contributed by atoms with Crippen LogP contribution in [0.25, 0.3) is 11.3 Å². The number of rotatable bonds is 6. The summed E-state index contributed by atoms with van der Waals surface area (Å²) in [6, 6.07) is 8.15. The van der Waals surface area contributed by atoms with Crippen molar-refractivity contribution in [3.8, 4) is 24.1 Å². The van der Waals surface area contributed by atoms with Crippen LogP contribution >= 0.6 is 0 Å². The number of allylic oxidation sites excluding steroid dienone is 3. The predicted molar refractivity (Wildman–Crippen MR) is 128 cm³/mol. The molecule has 0 spiro atoms. The van der Waals surface area contributed by atoms with E-state index >= 15 is 0 Å². The Morgan fingerprint density at radius 1 is 1.24 bits per heavy atom. The van der Waals surface area contributed by atoms with Crippen LogP contribution in [0.3, 0.4) is 0 Å². The first-order valence-electron chi connectivity index (χ1n) is 10.5. The van der Waals surface area contributed by atoms with Crippen molar-refractivity contribution in [1.82, 2.24) is 15.2 Å². The number of pyridine rings is 1. The maximum atomic E-state index is 14.3. The molecule has 2 heterocycles. The molecule has 3 N–H and O–H groups in total. The van der Waals surface area contributed by atoms with E-state index in [2.05, 4.69) is 34.6 Å². The largest absolute Gasteiger partial charge is 0.368 e. The normalized spacial score (nSPS) is 16.4. The number of nitrogens with zero attached hydrogens (tertiary/aromatic N) is 2. The fourth-order valence-corrected chi connectivity index (χ4v) is 3.57. The maximum Gasteiger partial charge on any atom is 0.274 e. The van der Waals surface area contributed by atoms with E-state index in [1.165, 1.54) is 24.3 Å². The van der Waals surface area contributed by atoms with Crippen LogP contribution < -0.4 is 11.1 Å². The average molecular weight is 451 g/mol. The van der Waals surface area contributed by atoms with Crippen molar-refractivity contribution in [2.75, 3.05) is 13.1 Å². The van der Waals surface area contributed by atoms with Crippen molar-refractivity contribution < 1.29 is 13.6 Å². The van der Waals surface area contributed by atoms with Crippen molar-refractivity contribution in [1.29, 1.82) is 0 Å². The van der Waals surface area contributed by atoms with Gasteiger partial charge in [-0.25, -0.2) is 13.8 Å². The summed E-state index contributed by atoms with van der Waals surface area (Å²) in [7, 11) is 0. The number of likely N-dealkylation sites (tertiary alicyclic amines) is 1. The summed E-state index contributed by atoms with van der Waals surface area (Å²) in [6.07, 6.45) is 15.2. The molecule has 7 heteroatoms. The minimum atomic E-state index is -0.710. The van der Waals surface area contributed by atoms with Gasteiger partial charge in [-0.3, -0.25) is 4.79 Å². The van der Waals surface area contributed by atoms with Gasteiger partial charge in [0.15, 0.2) is 0 Å². The number of hydrogen-bond donors (Lipinski definition) is 2. The molecule has 3 rings (SSSR count). The summed E-state index contributed by atoms with van der Waals surface area (Å²) in [5.41, 5.74) is 7.14. The second-order valence-corrected chi connectivity index (χ2v) is 7.31. The summed E-state index contributed by atoms with van der Waals surface area (Å²) < 4.78 is 28.5. The number of amides is 1. The molecule has 33 heavy (non-hydrogen) atoms. The van der Waals surface area contributed by atoms with E-state index in [1.807, 2.05) is 19.1 Å². The van der Waals surface area contributed by atoms with Gasteiger partial charge in [0.25, 0.3) is 5.91 Å². The molecule has 1 saturated heterocycles. The van der Waals surface area contributed by atoms with E-state index in [9.17, 15) is 13.6 Å². The number of halogens is 2. The summed E-state index contributed by atoms with van der Waals surface area (Å²) in [5, 5.41) is 2.80. The number of carbonyl (C=O) groups is 1. The quantitative estimate of drug-likeness (QED) is 0.505. The number of nitrogens with two attached hydrogens (primary N) is 1. The lowest BCUT2D eigenvalue weighted by molar-refractivity contribution is 0.0960. The molecule has 0 saturated carbocycles. The fourth-order valence-electron chi connectivity index (χ4n) is 3.57. The minimum Gasteiger partial charge on any atom is -0.368 e. The van der Waals surface area contributed by atoms with Gasteiger partial charge in [-0.05, 0) is 56.2 Å². The van der Waals surface area contributed by atoms with Gasteiger partial charge in [0, 0.05) is 24.7 Å². The Hall–Kier alpha value is -3.76. The molecule has 1 atom stereocenters. The molecule has 0 unspecified atom stereocenters. The highest BCUT2D eigenvalue weighted by Crippen LogP contribution is 2.24. The Kier molecular flexibility index (Phi) is 9.52. The van der Waals surface area contributed by atoms with E-state index in [0.717, 1.165) is 31.1 Å². The summed E-state index contributed by atoms with van der Waals surface area (Å²) >= 11 is 0. The average Bonchev–Trinajstić information content (AvgIpc) is 2.83. The number of benzene rings is 1. The van der Waals surface area contributed by atoms with Gasteiger partial charge in [0.05, 0.1) is 11.4 Å². The molecule has 0 radical (unpaired) electrons. The van der Waals surface area contributed by atoms with E-state index < -0.39 is 17.5 Å². The molecule has 0 bridgehead atoms. The minimum absolute atomic E-state index is 0.00829. The first kappa shape index (κ1) is 25.5. The summed E-state index contributed by atoms with van der Waals surface area (Å²) in [5.74, 6) is -1.87. The lowest BCUT2D eigenvalue weighted by atomic mass is 10.1. The molecule has 1 aliphatic rings. The molecular weight excluding hydrogens is 422 g/mol. The van der Waals surface area contributed by atoms with E-state index in [4.69, 9.17) is 5.73 Å². The molecule has 1 aromatic heterocycles. The maximum absolute atomic E-state index is 14.3. The zero-order valence-corrected chi connectivity index (χ0v) is 18.6. The molecule has 1 fully saturated rings. The number of nitrogens with one attached hydrogen (secondary N) is 1. The van der Waals surface area contributed by atoms with Crippen LogP contribution in [0.2, 0.25) is 0 Å². The third-order valence-corrected chi connectivity index (χ3v) is 5.06. The molecule has 0 aliphatic carbocycles. The third-order valence-electron chi connectivity index (χ3n) is 5.06. The highest BCUT2D eigenvalue weighted by Gasteiger charge is 2.21. The second-order valence-electron chi connectivity index (χ2n) is 7.31. The standard InChI is InChI=1S/C24H26F2N4O.C2H2/c1-3-8-22(30-14-7-9-16(27)15-30)20(4-2)29-24(31)21-13-12-19(26)23(28-21)17-10-5-6-11-18(17)25;1-2/h3-6,8,10-13,16H,2,7,9,14-15,27H2,1H3,(H,29,31);1-2H/b8-3-,22-20-;/t16-;/m0./s1. The smallest absolute Gasteiger partial charge is 0.274 e. The molecule has 1 aromatic carbocycles. The van der Waals surface area contributed by atoms with Gasteiger partial charge >= 0.3 is 0 Å². The zero-order chi connectivity index (χ0) is 24.4. The first-order chi connectivity index (χ1) is 15.9. The molecule has 1 amide bonds. The van der Waals surface area contributed by atoms with Crippen LogP contribution in [0, 0.1) is 24.5 Å². The molecule has 2 aromatic rings. The van der Waals surface area contributed by atoms with Crippen molar-refractivity contribution in [2.45, 2.75) is 25.8 Å². The van der Waals surface area contributed by atoms with Gasteiger partial charge in [-0.15, -0.1) is 12.8 Å². The van der Waals surface area contributed by atoms with Gasteiger partial charge in [-0.2, -0.15) is 0 Å². The van der Waals surface area contributed by atoms with E-state index in [1.54, 1.807) is 12.1 Å². The van der Waals surface area contributed by atoms with Gasteiger partial charge < -0.3 is 16.0 Å². The second kappa shape index (κ2) is 12.3. The Morgan fingerprint density at radius 3 is 2.61 bits per heavy atom. The van der Waals surface area contributed by atoms with Gasteiger partial charge in [0.2, 0.25) is 0 Å². The fraction of sp³-hybridized carbons (Fsp3) is 0.231. The molecule has 1 aliphatic heterocycles. The topological polar surface area (TPSA) is 71.2 Å². The highest BCUT2D eigenvalue weighted by atomic mass is 19.1. The molecule has 172 valence electrons. The third kappa shape index (κ3) is 6.37. The number of hydrogen-bond acceptors (Lipinski definition) is 4. The van der Waals surface area contributed by atoms with Gasteiger partial charge in [0.1, 0.15) is 23.0 Å². The lowest BCUT2D eigenvalue weighted by Crippen LogP contribution is -2.43. The Balaban J connectivity index is 0.00000187. The monoisotopic (exact) mass is 450 g/mol. The highest BCUT2D eigenvalue weighted by molar-refractivity contribution is 5.94. The predicted octanol–water partition coefficient (Wildman–Crippen LogP) is 4.40. The lowest BCUT2D eigenvalue weighted by Gasteiger charge is -2.34. The SMILES string of the molecule is C#C.C=C/C(NC(=O)c1ccc(F)c(-c2ccccc2F)n1)=C(\C=C/C)N1CCC[C@H](N)C1.